The van der Waals surface area contributed by atoms with Crippen molar-refractivity contribution < 1.29 is 27.9 Å². The number of furan rings is 2. The van der Waals surface area contributed by atoms with E-state index in [9.17, 15) is 9.59 Å². The summed E-state index contributed by atoms with van der Waals surface area (Å²) in [6, 6.07) is 6.12. The average molecular weight is 250 g/mol. The van der Waals surface area contributed by atoms with Crippen LogP contribution in [0.5, 0.6) is 0 Å². The number of carbonyl (C=O) groups is 2. The fraction of sp³-hybridized carbons (Fsp3) is 0.167. The molecule has 0 amide bonds. The van der Waals surface area contributed by atoms with E-state index in [1.165, 1.54) is 24.7 Å². The van der Waals surface area contributed by atoms with Gasteiger partial charge in [0.1, 0.15) is 13.2 Å². The summed E-state index contributed by atoms with van der Waals surface area (Å²) < 4.78 is 19.3. The van der Waals surface area contributed by atoms with Gasteiger partial charge >= 0.3 is 11.9 Å². The van der Waals surface area contributed by atoms with E-state index in [4.69, 9.17) is 18.3 Å². The van der Waals surface area contributed by atoms with Gasteiger partial charge in [-0.1, -0.05) is 0 Å². The summed E-state index contributed by atoms with van der Waals surface area (Å²) in [5.74, 6) is -0.997. The quantitative estimate of drug-likeness (QED) is 0.595. The standard InChI is InChI=1S/C12H10O6/c13-11(9-3-1-5-15-9)17-7-8-18-12(14)10-4-2-6-16-10/h1-6H,7-8H2. The van der Waals surface area contributed by atoms with Crippen LogP contribution < -0.4 is 0 Å². The molecule has 0 unspecified atom stereocenters. The van der Waals surface area contributed by atoms with Crippen LogP contribution in [0.25, 0.3) is 0 Å². The SMILES string of the molecule is O=C(OCCOC(=O)c1ccco1)c1ccco1. The van der Waals surface area contributed by atoms with Crippen LogP contribution in [0.1, 0.15) is 21.1 Å². The molecule has 2 aromatic heterocycles. The topological polar surface area (TPSA) is 78.9 Å². The molecule has 2 rings (SSSR count). The zero-order valence-corrected chi connectivity index (χ0v) is 9.33. The van der Waals surface area contributed by atoms with Gasteiger partial charge in [0.2, 0.25) is 11.5 Å². The normalized spacial score (nSPS) is 10.0. The van der Waals surface area contributed by atoms with E-state index >= 15 is 0 Å². The number of rotatable bonds is 5. The first-order chi connectivity index (χ1) is 8.77. The molecule has 0 saturated carbocycles. The predicted molar refractivity (Wildman–Crippen MR) is 58.0 cm³/mol. The highest BCUT2D eigenvalue weighted by molar-refractivity contribution is 5.86. The van der Waals surface area contributed by atoms with Gasteiger partial charge in [0, 0.05) is 0 Å². The first-order valence-corrected chi connectivity index (χ1v) is 5.18. The van der Waals surface area contributed by atoms with Gasteiger partial charge in [-0.15, -0.1) is 0 Å². The minimum Gasteiger partial charge on any atom is -0.457 e. The zero-order chi connectivity index (χ0) is 12.8. The Bertz CT molecular complexity index is 448. The third-order valence-electron chi connectivity index (χ3n) is 1.99. The van der Waals surface area contributed by atoms with Crippen molar-refractivity contribution in [1.29, 1.82) is 0 Å². The Morgan fingerprint density at radius 2 is 1.33 bits per heavy atom. The van der Waals surface area contributed by atoms with Crippen LogP contribution in [-0.4, -0.2) is 25.2 Å². The van der Waals surface area contributed by atoms with Gasteiger partial charge in [0.15, 0.2) is 0 Å². The van der Waals surface area contributed by atoms with Gasteiger partial charge in [0.25, 0.3) is 0 Å². The highest BCUT2D eigenvalue weighted by Crippen LogP contribution is 2.03. The molecule has 2 heterocycles. The number of hydrogen-bond donors (Lipinski definition) is 0. The zero-order valence-electron chi connectivity index (χ0n) is 9.33. The van der Waals surface area contributed by atoms with Crippen molar-refractivity contribution in [3.63, 3.8) is 0 Å². The maximum Gasteiger partial charge on any atom is 0.374 e. The maximum atomic E-state index is 11.3. The summed E-state index contributed by atoms with van der Waals surface area (Å²) in [5.41, 5.74) is 0. The molecule has 0 spiro atoms. The lowest BCUT2D eigenvalue weighted by molar-refractivity contribution is 0.0230. The molecule has 0 bridgehead atoms. The van der Waals surface area contributed by atoms with Gasteiger partial charge in [0.05, 0.1) is 12.5 Å². The van der Waals surface area contributed by atoms with Crippen molar-refractivity contribution in [3.8, 4) is 0 Å². The number of esters is 2. The third kappa shape index (κ3) is 3.00. The molecule has 0 radical (unpaired) electrons. The summed E-state index contributed by atoms with van der Waals surface area (Å²) in [4.78, 5) is 22.6. The molecule has 6 nitrogen and oxygen atoms in total. The highest BCUT2D eigenvalue weighted by atomic mass is 16.6. The van der Waals surface area contributed by atoms with E-state index in [1.807, 2.05) is 0 Å². The van der Waals surface area contributed by atoms with Crippen LogP contribution in [0.2, 0.25) is 0 Å². The van der Waals surface area contributed by atoms with Crippen molar-refractivity contribution in [2.75, 3.05) is 13.2 Å². The van der Waals surface area contributed by atoms with Gasteiger partial charge in [-0.25, -0.2) is 9.59 Å². The van der Waals surface area contributed by atoms with Crippen molar-refractivity contribution in [3.05, 3.63) is 48.3 Å². The van der Waals surface area contributed by atoms with E-state index in [0.717, 1.165) is 0 Å². The van der Waals surface area contributed by atoms with Crippen LogP contribution in [0.3, 0.4) is 0 Å². The molecular weight excluding hydrogens is 240 g/mol. The predicted octanol–water partition coefficient (Wildman–Crippen LogP) is 1.89. The number of carbonyl (C=O) groups excluding carboxylic acids is 2. The molecule has 18 heavy (non-hydrogen) atoms. The lowest BCUT2D eigenvalue weighted by Gasteiger charge is -2.03. The molecule has 94 valence electrons. The summed E-state index contributed by atoms with van der Waals surface area (Å²) in [6.07, 6.45) is 2.74. The molecule has 0 aliphatic carbocycles. The Morgan fingerprint density at radius 1 is 0.889 bits per heavy atom. The lowest BCUT2D eigenvalue weighted by Crippen LogP contribution is -2.13. The van der Waals surface area contributed by atoms with E-state index < -0.39 is 11.9 Å². The second-order valence-electron chi connectivity index (χ2n) is 3.23. The van der Waals surface area contributed by atoms with Gasteiger partial charge in [-0.3, -0.25) is 0 Å². The molecule has 0 saturated heterocycles. The Morgan fingerprint density at radius 3 is 1.67 bits per heavy atom. The Kier molecular flexibility index (Phi) is 3.80. The van der Waals surface area contributed by atoms with E-state index in [2.05, 4.69) is 0 Å². The van der Waals surface area contributed by atoms with Crippen LogP contribution in [0.15, 0.2) is 45.6 Å². The summed E-state index contributed by atoms with van der Waals surface area (Å²) >= 11 is 0. The number of ether oxygens (including phenoxy) is 2. The Balaban J connectivity index is 1.67. The molecule has 0 aromatic carbocycles. The summed E-state index contributed by atoms with van der Waals surface area (Å²) in [7, 11) is 0. The Hall–Kier alpha value is -2.50. The van der Waals surface area contributed by atoms with Gasteiger partial charge in [-0.05, 0) is 24.3 Å². The average Bonchev–Trinajstić information content (AvgIpc) is 3.05. The fourth-order valence-electron chi connectivity index (χ4n) is 1.20. The van der Waals surface area contributed by atoms with Crippen molar-refractivity contribution in [2.45, 2.75) is 0 Å². The van der Waals surface area contributed by atoms with Gasteiger partial charge in [-0.2, -0.15) is 0 Å². The summed E-state index contributed by atoms with van der Waals surface area (Å²) in [5, 5.41) is 0. The minimum atomic E-state index is -0.603. The number of hydrogen-bond acceptors (Lipinski definition) is 6. The minimum absolute atomic E-state index is 0.0496. The first-order valence-electron chi connectivity index (χ1n) is 5.18. The van der Waals surface area contributed by atoms with Gasteiger partial charge < -0.3 is 18.3 Å². The van der Waals surface area contributed by atoms with Crippen molar-refractivity contribution in [1.82, 2.24) is 0 Å². The monoisotopic (exact) mass is 250 g/mol. The molecule has 0 aliphatic rings. The first kappa shape index (κ1) is 12.0. The third-order valence-corrected chi connectivity index (χ3v) is 1.99. The molecule has 6 heteroatoms. The highest BCUT2D eigenvalue weighted by Gasteiger charge is 2.12. The van der Waals surface area contributed by atoms with Crippen molar-refractivity contribution in [2.24, 2.45) is 0 Å². The molecule has 0 N–H and O–H groups in total. The fourth-order valence-corrected chi connectivity index (χ4v) is 1.20. The smallest absolute Gasteiger partial charge is 0.374 e. The van der Waals surface area contributed by atoms with E-state index in [-0.39, 0.29) is 24.7 Å². The lowest BCUT2D eigenvalue weighted by atomic mass is 10.4. The van der Waals surface area contributed by atoms with Crippen molar-refractivity contribution >= 4 is 11.9 Å². The van der Waals surface area contributed by atoms with E-state index in [0.29, 0.717) is 0 Å². The molecule has 0 atom stereocenters. The second kappa shape index (κ2) is 5.72. The molecule has 2 aromatic rings. The molecule has 0 aliphatic heterocycles. The van der Waals surface area contributed by atoms with E-state index in [1.54, 1.807) is 12.1 Å². The van der Waals surface area contributed by atoms with Crippen LogP contribution in [0, 0.1) is 0 Å². The molecule has 0 fully saturated rings. The Labute approximate surface area is 102 Å². The van der Waals surface area contributed by atoms with Crippen LogP contribution in [-0.2, 0) is 9.47 Å². The maximum absolute atomic E-state index is 11.3. The van der Waals surface area contributed by atoms with Crippen LogP contribution in [0.4, 0.5) is 0 Å². The largest absolute Gasteiger partial charge is 0.457 e. The second-order valence-corrected chi connectivity index (χ2v) is 3.23. The molecular formula is C12H10O6. The van der Waals surface area contributed by atoms with Crippen LogP contribution >= 0.6 is 0 Å². The summed E-state index contributed by atoms with van der Waals surface area (Å²) in [6.45, 7) is -0.0992.